The topological polar surface area (TPSA) is 61.7 Å². The summed E-state index contributed by atoms with van der Waals surface area (Å²) < 4.78 is 6.21. The Kier molecular flexibility index (Phi) is 2.93. The summed E-state index contributed by atoms with van der Waals surface area (Å²) in [5, 5.41) is 15.5. The van der Waals surface area contributed by atoms with Gasteiger partial charge >= 0.3 is 0 Å². The average molecular weight is 278 g/mol. The second kappa shape index (κ2) is 4.37. The van der Waals surface area contributed by atoms with Gasteiger partial charge in [0.25, 0.3) is 0 Å². The van der Waals surface area contributed by atoms with Gasteiger partial charge in [-0.1, -0.05) is 0 Å². The predicted octanol–water partition coefficient (Wildman–Crippen LogP) is 3.14. The molecule has 4 nitrogen and oxygen atoms in total. The fourth-order valence-electron chi connectivity index (χ4n) is 1.22. The van der Waals surface area contributed by atoms with Crippen LogP contribution in [-0.2, 0) is 0 Å². The van der Waals surface area contributed by atoms with E-state index in [0.29, 0.717) is 21.7 Å². The Morgan fingerprint density at radius 3 is 2.81 bits per heavy atom. The standard InChI is InChI=1S/C11H8BrN3O/c1-7-4-11(15-14-7)16-9-3-2-8(6-13)10(12)5-9/h2-5H,1H3,(H,14,15). The number of rotatable bonds is 2. The molecule has 0 aliphatic heterocycles. The molecule has 0 amide bonds. The van der Waals surface area contributed by atoms with E-state index in [9.17, 15) is 0 Å². The molecule has 0 saturated carbocycles. The predicted molar refractivity (Wildman–Crippen MR) is 62.3 cm³/mol. The fourth-order valence-corrected chi connectivity index (χ4v) is 1.66. The lowest BCUT2D eigenvalue weighted by Crippen LogP contribution is -1.85. The van der Waals surface area contributed by atoms with Gasteiger partial charge in [0, 0.05) is 16.2 Å². The van der Waals surface area contributed by atoms with Gasteiger partial charge in [0.1, 0.15) is 11.8 Å². The van der Waals surface area contributed by atoms with Crippen LogP contribution in [0.25, 0.3) is 0 Å². The smallest absolute Gasteiger partial charge is 0.238 e. The molecule has 5 heteroatoms. The van der Waals surface area contributed by atoms with Gasteiger partial charge in [0.15, 0.2) is 0 Å². The summed E-state index contributed by atoms with van der Waals surface area (Å²) in [6, 6.07) is 9.03. The highest BCUT2D eigenvalue weighted by Gasteiger charge is 2.04. The largest absolute Gasteiger partial charge is 0.438 e. The van der Waals surface area contributed by atoms with Crippen LogP contribution in [0, 0.1) is 18.3 Å². The summed E-state index contributed by atoms with van der Waals surface area (Å²) in [7, 11) is 0. The van der Waals surface area contributed by atoms with Gasteiger partial charge in [-0.2, -0.15) is 5.26 Å². The molecule has 1 N–H and O–H groups in total. The van der Waals surface area contributed by atoms with E-state index in [4.69, 9.17) is 10.00 Å². The third kappa shape index (κ3) is 2.23. The molecule has 0 atom stereocenters. The van der Waals surface area contributed by atoms with E-state index >= 15 is 0 Å². The van der Waals surface area contributed by atoms with E-state index in [1.807, 2.05) is 6.92 Å². The molecule has 16 heavy (non-hydrogen) atoms. The Hall–Kier alpha value is -1.80. The Morgan fingerprint density at radius 1 is 1.44 bits per heavy atom. The van der Waals surface area contributed by atoms with E-state index < -0.39 is 0 Å². The van der Waals surface area contributed by atoms with E-state index in [1.54, 1.807) is 24.3 Å². The van der Waals surface area contributed by atoms with Crippen LogP contribution < -0.4 is 4.74 Å². The zero-order valence-electron chi connectivity index (χ0n) is 8.49. The number of ether oxygens (including phenoxy) is 1. The maximum absolute atomic E-state index is 8.76. The molecule has 1 aromatic heterocycles. The molecule has 0 radical (unpaired) electrons. The van der Waals surface area contributed by atoms with Crippen molar-refractivity contribution in [3.05, 3.63) is 40.0 Å². The number of hydrogen-bond donors (Lipinski definition) is 1. The lowest BCUT2D eigenvalue weighted by atomic mass is 10.2. The van der Waals surface area contributed by atoms with Crippen LogP contribution in [-0.4, -0.2) is 10.2 Å². The van der Waals surface area contributed by atoms with Crippen molar-refractivity contribution < 1.29 is 4.74 Å². The van der Waals surface area contributed by atoms with Crippen molar-refractivity contribution in [2.75, 3.05) is 0 Å². The average Bonchev–Trinajstić information content (AvgIpc) is 2.64. The van der Waals surface area contributed by atoms with Crippen molar-refractivity contribution in [3.8, 4) is 17.7 Å². The van der Waals surface area contributed by atoms with Crippen molar-refractivity contribution in [2.45, 2.75) is 6.92 Å². The number of nitrogens with zero attached hydrogens (tertiary/aromatic N) is 2. The molecule has 0 aliphatic carbocycles. The molecular formula is C11H8BrN3O. The third-order valence-corrected chi connectivity index (χ3v) is 2.62. The first kappa shape index (κ1) is 10.7. The highest BCUT2D eigenvalue weighted by Crippen LogP contribution is 2.25. The molecule has 0 unspecified atom stereocenters. The van der Waals surface area contributed by atoms with Crippen molar-refractivity contribution in [1.29, 1.82) is 5.26 Å². The maximum atomic E-state index is 8.76. The Balaban J connectivity index is 2.23. The second-order valence-electron chi connectivity index (χ2n) is 3.24. The van der Waals surface area contributed by atoms with Gasteiger partial charge in [-0.25, -0.2) is 0 Å². The summed E-state index contributed by atoms with van der Waals surface area (Å²) in [6.45, 7) is 1.90. The Bertz CT molecular complexity index is 557. The minimum absolute atomic E-state index is 0.508. The number of aromatic amines is 1. The number of aryl methyl sites for hydroxylation is 1. The van der Waals surface area contributed by atoms with Crippen LogP contribution in [0.5, 0.6) is 11.6 Å². The molecule has 80 valence electrons. The van der Waals surface area contributed by atoms with Crippen molar-refractivity contribution in [1.82, 2.24) is 10.2 Å². The van der Waals surface area contributed by atoms with Crippen molar-refractivity contribution in [2.24, 2.45) is 0 Å². The van der Waals surface area contributed by atoms with E-state index in [0.717, 1.165) is 5.69 Å². The van der Waals surface area contributed by atoms with Crippen LogP contribution in [0.1, 0.15) is 11.3 Å². The number of benzene rings is 1. The summed E-state index contributed by atoms with van der Waals surface area (Å²) in [5.41, 5.74) is 1.51. The number of H-pyrrole nitrogens is 1. The molecule has 0 aliphatic rings. The van der Waals surface area contributed by atoms with E-state index in [2.05, 4.69) is 32.2 Å². The monoisotopic (exact) mass is 277 g/mol. The highest BCUT2D eigenvalue weighted by molar-refractivity contribution is 9.10. The number of aromatic nitrogens is 2. The molecule has 2 rings (SSSR count). The van der Waals surface area contributed by atoms with Crippen LogP contribution in [0.3, 0.4) is 0 Å². The van der Waals surface area contributed by atoms with Crippen LogP contribution in [0.4, 0.5) is 0 Å². The number of nitriles is 1. The normalized spacial score (nSPS) is 9.81. The van der Waals surface area contributed by atoms with E-state index in [1.165, 1.54) is 0 Å². The Morgan fingerprint density at radius 2 is 2.25 bits per heavy atom. The third-order valence-electron chi connectivity index (χ3n) is 1.97. The fraction of sp³-hybridized carbons (Fsp3) is 0.0909. The summed E-state index contributed by atoms with van der Waals surface area (Å²) in [5.74, 6) is 1.14. The minimum Gasteiger partial charge on any atom is -0.438 e. The van der Waals surface area contributed by atoms with Gasteiger partial charge in [-0.15, -0.1) is 5.10 Å². The molecule has 0 fully saturated rings. The molecule has 0 spiro atoms. The quantitative estimate of drug-likeness (QED) is 0.917. The molecule has 0 bridgehead atoms. The SMILES string of the molecule is Cc1cc(Oc2ccc(C#N)c(Br)c2)n[nH]1. The number of halogens is 1. The van der Waals surface area contributed by atoms with Crippen LogP contribution >= 0.6 is 15.9 Å². The number of hydrogen-bond acceptors (Lipinski definition) is 3. The summed E-state index contributed by atoms with van der Waals surface area (Å²) >= 11 is 3.30. The van der Waals surface area contributed by atoms with Gasteiger partial charge in [-0.3, -0.25) is 5.10 Å². The number of nitrogens with one attached hydrogen (secondary N) is 1. The van der Waals surface area contributed by atoms with Gasteiger partial charge in [-0.05, 0) is 41.1 Å². The summed E-state index contributed by atoms with van der Waals surface area (Å²) in [6.07, 6.45) is 0. The van der Waals surface area contributed by atoms with Crippen molar-refractivity contribution in [3.63, 3.8) is 0 Å². The first-order valence-corrected chi connectivity index (χ1v) is 5.38. The molecule has 1 heterocycles. The van der Waals surface area contributed by atoms with Crippen molar-refractivity contribution >= 4 is 15.9 Å². The molecular weight excluding hydrogens is 270 g/mol. The molecule has 2 aromatic rings. The van der Waals surface area contributed by atoms with Crippen LogP contribution in [0.2, 0.25) is 0 Å². The summed E-state index contributed by atoms with van der Waals surface area (Å²) in [4.78, 5) is 0. The first-order valence-electron chi connectivity index (χ1n) is 4.58. The highest BCUT2D eigenvalue weighted by atomic mass is 79.9. The first-order chi connectivity index (χ1) is 7.69. The minimum atomic E-state index is 0.508. The second-order valence-corrected chi connectivity index (χ2v) is 4.10. The molecule has 0 saturated heterocycles. The van der Waals surface area contributed by atoms with Gasteiger partial charge in [0.05, 0.1) is 5.56 Å². The maximum Gasteiger partial charge on any atom is 0.238 e. The lowest BCUT2D eigenvalue weighted by molar-refractivity contribution is 0.461. The van der Waals surface area contributed by atoms with Crippen LogP contribution in [0.15, 0.2) is 28.7 Å². The zero-order valence-corrected chi connectivity index (χ0v) is 10.1. The lowest BCUT2D eigenvalue weighted by Gasteiger charge is -2.02. The molecule has 1 aromatic carbocycles. The Labute approximate surface area is 101 Å². The zero-order chi connectivity index (χ0) is 11.5. The van der Waals surface area contributed by atoms with Gasteiger partial charge in [0.2, 0.25) is 5.88 Å². The van der Waals surface area contributed by atoms with Gasteiger partial charge < -0.3 is 4.74 Å². The van der Waals surface area contributed by atoms with E-state index in [-0.39, 0.29) is 0 Å².